The lowest BCUT2D eigenvalue weighted by molar-refractivity contribution is -0.129. The van der Waals surface area contributed by atoms with Gasteiger partial charge in [-0.2, -0.15) is 0 Å². The summed E-state index contributed by atoms with van der Waals surface area (Å²) in [4.78, 5) is 23.8. The quantitative estimate of drug-likeness (QED) is 0.774. The summed E-state index contributed by atoms with van der Waals surface area (Å²) in [6.45, 7) is 0.745. The van der Waals surface area contributed by atoms with Gasteiger partial charge in [-0.05, 0) is 5.56 Å². The predicted octanol–water partition coefficient (Wildman–Crippen LogP) is 1.13. The number of nitrogens with zero attached hydrogens (tertiary/aromatic N) is 1. The van der Waals surface area contributed by atoms with Crippen LogP contribution in [0.2, 0.25) is 0 Å². The molecule has 0 aliphatic rings. The lowest BCUT2D eigenvalue weighted by atomic mass is 10.2. The molecule has 0 radical (unpaired) electrons. The third-order valence-electron chi connectivity index (χ3n) is 2.31. The third kappa shape index (κ3) is 4.87. The number of rotatable bonds is 6. The minimum atomic E-state index is -0.426. The largest absolute Gasteiger partial charge is 0.370 e. The molecule has 17 heavy (non-hydrogen) atoms. The number of carbonyl (C=O) groups is 2. The normalized spacial score (nSPS) is 9.94. The lowest BCUT2D eigenvalue weighted by Gasteiger charge is -2.21. The van der Waals surface area contributed by atoms with E-state index in [4.69, 9.17) is 17.3 Å². The van der Waals surface area contributed by atoms with Gasteiger partial charge in [-0.15, -0.1) is 11.6 Å². The van der Waals surface area contributed by atoms with Crippen LogP contribution >= 0.6 is 11.6 Å². The van der Waals surface area contributed by atoms with Gasteiger partial charge in [-0.3, -0.25) is 9.59 Å². The monoisotopic (exact) mass is 254 g/mol. The van der Waals surface area contributed by atoms with E-state index < -0.39 is 5.91 Å². The number of halogens is 1. The second-order valence-corrected chi connectivity index (χ2v) is 3.92. The summed E-state index contributed by atoms with van der Waals surface area (Å²) in [6, 6.07) is 9.53. The highest BCUT2D eigenvalue weighted by Gasteiger charge is 2.13. The van der Waals surface area contributed by atoms with E-state index in [1.54, 1.807) is 0 Å². The van der Waals surface area contributed by atoms with Crippen LogP contribution in [0.15, 0.2) is 30.3 Å². The zero-order valence-electron chi connectivity index (χ0n) is 9.43. The first kappa shape index (κ1) is 13.5. The van der Waals surface area contributed by atoms with E-state index >= 15 is 0 Å². The summed E-state index contributed by atoms with van der Waals surface area (Å²) >= 11 is 5.52. The van der Waals surface area contributed by atoms with E-state index in [1.807, 2.05) is 30.3 Å². The number of carbonyl (C=O) groups excluding carboxylic acids is 2. The highest BCUT2D eigenvalue weighted by atomic mass is 35.5. The van der Waals surface area contributed by atoms with Crippen LogP contribution in [-0.4, -0.2) is 29.1 Å². The molecule has 0 bridgehead atoms. The maximum atomic E-state index is 11.6. The minimum Gasteiger partial charge on any atom is -0.370 e. The highest BCUT2D eigenvalue weighted by Crippen LogP contribution is 2.06. The van der Waals surface area contributed by atoms with Gasteiger partial charge in [0.1, 0.15) is 5.88 Å². The Balaban J connectivity index is 2.63. The SMILES string of the molecule is NC(=O)CCN(Cc1ccccc1)C(=O)CCl. The van der Waals surface area contributed by atoms with Gasteiger partial charge < -0.3 is 10.6 Å². The van der Waals surface area contributed by atoms with Gasteiger partial charge >= 0.3 is 0 Å². The maximum Gasteiger partial charge on any atom is 0.237 e. The second kappa shape index (κ2) is 6.91. The van der Waals surface area contributed by atoms with E-state index in [1.165, 1.54) is 4.90 Å². The molecule has 0 saturated carbocycles. The van der Waals surface area contributed by atoms with Crippen LogP contribution in [-0.2, 0) is 16.1 Å². The zero-order chi connectivity index (χ0) is 12.7. The van der Waals surface area contributed by atoms with Crippen molar-refractivity contribution >= 4 is 23.4 Å². The Labute approximate surface area is 105 Å². The summed E-state index contributed by atoms with van der Waals surface area (Å²) in [6.07, 6.45) is 0.148. The van der Waals surface area contributed by atoms with Gasteiger partial charge in [-0.25, -0.2) is 0 Å². The fourth-order valence-corrected chi connectivity index (χ4v) is 1.59. The molecule has 2 amide bonds. The van der Waals surface area contributed by atoms with E-state index in [-0.39, 0.29) is 18.2 Å². The molecule has 1 rings (SSSR count). The number of nitrogens with two attached hydrogens (primary N) is 1. The van der Waals surface area contributed by atoms with Crippen LogP contribution in [0.4, 0.5) is 0 Å². The van der Waals surface area contributed by atoms with Crippen molar-refractivity contribution in [3.8, 4) is 0 Å². The lowest BCUT2D eigenvalue weighted by Crippen LogP contribution is -2.34. The molecule has 2 N–H and O–H groups in total. The van der Waals surface area contributed by atoms with Gasteiger partial charge in [0, 0.05) is 19.5 Å². The number of hydrogen-bond acceptors (Lipinski definition) is 2. The molecule has 92 valence electrons. The van der Waals surface area contributed by atoms with Crippen LogP contribution in [0, 0.1) is 0 Å². The van der Waals surface area contributed by atoms with Crippen molar-refractivity contribution in [2.45, 2.75) is 13.0 Å². The Bertz CT molecular complexity index is 381. The number of amides is 2. The summed E-state index contributed by atoms with van der Waals surface area (Å²) in [5.41, 5.74) is 6.06. The average molecular weight is 255 g/mol. The highest BCUT2D eigenvalue weighted by molar-refractivity contribution is 6.27. The van der Waals surface area contributed by atoms with Gasteiger partial charge in [0.2, 0.25) is 11.8 Å². The summed E-state index contributed by atoms with van der Waals surface area (Å²) in [5.74, 6) is -0.715. The van der Waals surface area contributed by atoms with Crippen LogP contribution < -0.4 is 5.73 Å². The molecule has 0 aliphatic carbocycles. The van der Waals surface area contributed by atoms with E-state index in [9.17, 15) is 9.59 Å². The first-order chi connectivity index (χ1) is 8.13. The number of hydrogen-bond donors (Lipinski definition) is 1. The third-order valence-corrected chi connectivity index (χ3v) is 2.54. The van der Waals surface area contributed by atoms with Crippen molar-refractivity contribution < 1.29 is 9.59 Å². The minimum absolute atomic E-state index is 0.0917. The Kier molecular flexibility index (Phi) is 5.49. The van der Waals surface area contributed by atoms with Crippen molar-refractivity contribution in [1.82, 2.24) is 4.90 Å². The van der Waals surface area contributed by atoms with Gasteiger partial charge in [0.05, 0.1) is 0 Å². The fourth-order valence-electron chi connectivity index (χ4n) is 1.43. The molecule has 5 heteroatoms. The molecule has 4 nitrogen and oxygen atoms in total. The Morgan fingerprint density at radius 1 is 1.24 bits per heavy atom. The topological polar surface area (TPSA) is 63.4 Å². The molecule has 0 aromatic heterocycles. The average Bonchev–Trinajstić information content (AvgIpc) is 2.34. The molecule has 0 heterocycles. The summed E-state index contributed by atoms with van der Waals surface area (Å²) in [5, 5.41) is 0. The molecule has 0 unspecified atom stereocenters. The Hall–Kier alpha value is -1.55. The van der Waals surface area contributed by atoms with Crippen molar-refractivity contribution in [1.29, 1.82) is 0 Å². The standard InChI is InChI=1S/C12H15ClN2O2/c13-8-12(17)15(7-6-11(14)16)9-10-4-2-1-3-5-10/h1-5H,6-9H2,(H2,14,16). The summed E-state index contributed by atoms with van der Waals surface area (Å²) < 4.78 is 0. The van der Waals surface area contributed by atoms with E-state index in [0.717, 1.165) is 5.56 Å². The molecule has 0 spiro atoms. The maximum absolute atomic E-state index is 11.6. The number of benzene rings is 1. The second-order valence-electron chi connectivity index (χ2n) is 3.65. The molecule has 0 saturated heterocycles. The zero-order valence-corrected chi connectivity index (χ0v) is 10.2. The van der Waals surface area contributed by atoms with Gasteiger partial charge in [0.25, 0.3) is 0 Å². The van der Waals surface area contributed by atoms with Crippen LogP contribution in [0.5, 0.6) is 0 Å². The van der Waals surface area contributed by atoms with Crippen molar-refractivity contribution in [3.05, 3.63) is 35.9 Å². The molecular formula is C12H15ClN2O2. The van der Waals surface area contributed by atoms with Crippen molar-refractivity contribution in [2.75, 3.05) is 12.4 Å². The molecule has 0 aliphatic heterocycles. The van der Waals surface area contributed by atoms with E-state index in [2.05, 4.69) is 0 Å². The van der Waals surface area contributed by atoms with Crippen LogP contribution in [0.25, 0.3) is 0 Å². The predicted molar refractivity (Wildman–Crippen MR) is 66.4 cm³/mol. The molecular weight excluding hydrogens is 240 g/mol. The van der Waals surface area contributed by atoms with Crippen LogP contribution in [0.3, 0.4) is 0 Å². The summed E-state index contributed by atoms with van der Waals surface area (Å²) in [7, 11) is 0. The smallest absolute Gasteiger partial charge is 0.237 e. The fraction of sp³-hybridized carbons (Fsp3) is 0.333. The number of primary amides is 1. The van der Waals surface area contributed by atoms with Gasteiger partial charge in [0.15, 0.2) is 0 Å². The molecule has 0 atom stereocenters. The molecule has 1 aromatic carbocycles. The Morgan fingerprint density at radius 3 is 2.41 bits per heavy atom. The van der Waals surface area contributed by atoms with Gasteiger partial charge in [-0.1, -0.05) is 30.3 Å². The van der Waals surface area contributed by atoms with E-state index in [0.29, 0.717) is 13.1 Å². The van der Waals surface area contributed by atoms with Crippen LogP contribution in [0.1, 0.15) is 12.0 Å². The first-order valence-corrected chi connectivity index (χ1v) is 5.83. The Morgan fingerprint density at radius 2 is 1.88 bits per heavy atom. The molecule has 0 fully saturated rings. The first-order valence-electron chi connectivity index (χ1n) is 5.29. The van der Waals surface area contributed by atoms with Crippen molar-refractivity contribution in [3.63, 3.8) is 0 Å². The van der Waals surface area contributed by atoms with Crippen molar-refractivity contribution in [2.24, 2.45) is 5.73 Å². The molecule has 1 aromatic rings. The number of alkyl halides is 1.